The Morgan fingerprint density at radius 3 is 1.81 bits per heavy atom. The zero-order chi connectivity index (χ0) is 24.6. The fraction of sp³-hybridized carbons (Fsp3) is 0.0909. The van der Waals surface area contributed by atoms with E-state index in [1.165, 1.54) is 27.6 Å². The molecular weight excluding hydrogens is 457 g/mol. The number of anilines is 1. The van der Waals surface area contributed by atoms with E-state index in [9.17, 15) is 5.11 Å². The second-order valence-electron chi connectivity index (χ2n) is 8.98. The third-order valence-electron chi connectivity index (χ3n) is 6.28. The van der Waals surface area contributed by atoms with Crippen molar-refractivity contribution in [1.82, 2.24) is 0 Å². The standard InChI is InChI=1S/C33H30NOP/c35-33-29(21-26-14-6-2-7-15-26)22-27(20-25-12-4-1-5-13-25)23-32(33)36-31-19-11-10-16-28(31)24-34-30-17-8-3-9-18-30/h1-19,22-23,34-36H,20-21,24H2. The van der Waals surface area contributed by atoms with Crippen LogP contribution in [0.4, 0.5) is 5.69 Å². The van der Waals surface area contributed by atoms with E-state index in [0.717, 1.165) is 29.5 Å². The summed E-state index contributed by atoms with van der Waals surface area (Å²) in [6, 6.07) is 44.1. The van der Waals surface area contributed by atoms with E-state index >= 15 is 0 Å². The Bertz CT molecular complexity index is 1400. The summed E-state index contributed by atoms with van der Waals surface area (Å²) < 4.78 is 0. The Labute approximate surface area is 215 Å². The highest BCUT2D eigenvalue weighted by Gasteiger charge is 2.14. The fourth-order valence-electron chi connectivity index (χ4n) is 4.43. The van der Waals surface area contributed by atoms with Crippen LogP contribution in [0.5, 0.6) is 5.75 Å². The zero-order valence-electron chi connectivity index (χ0n) is 20.2. The van der Waals surface area contributed by atoms with Crippen molar-refractivity contribution < 1.29 is 5.11 Å². The van der Waals surface area contributed by atoms with Crippen molar-refractivity contribution in [2.24, 2.45) is 0 Å². The van der Waals surface area contributed by atoms with Gasteiger partial charge in [0.05, 0.1) is 0 Å². The quantitative estimate of drug-likeness (QED) is 0.224. The Morgan fingerprint density at radius 1 is 0.528 bits per heavy atom. The van der Waals surface area contributed by atoms with Crippen molar-refractivity contribution in [3.63, 3.8) is 0 Å². The fourth-order valence-corrected chi connectivity index (χ4v) is 5.77. The van der Waals surface area contributed by atoms with Crippen molar-refractivity contribution >= 4 is 24.9 Å². The molecule has 0 spiro atoms. The van der Waals surface area contributed by atoms with E-state index in [2.05, 4.69) is 102 Å². The van der Waals surface area contributed by atoms with Crippen LogP contribution in [-0.4, -0.2) is 5.11 Å². The lowest BCUT2D eigenvalue weighted by Gasteiger charge is -2.16. The predicted molar refractivity (Wildman–Crippen MR) is 154 cm³/mol. The monoisotopic (exact) mass is 487 g/mol. The molecule has 5 rings (SSSR count). The van der Waals surface area contributed by atoms with Crippen LogP contribution < -0.4 is 15.9 Å². The lowest BCUT2D eigenvalue weighted by atomic mass is 9.98. The van der Waals surface area contributed by atoms with Gasteiger partial charge >= 0.3 is 0 Å². The number of phenols is 1. The Morgan fingerprint density at radius 2 is 1.11 bits per heavy atom. The number of nitrogens with one attached hydrogen (secondary N) is 1. The molecule has 0 heterocycles. The first-order valence-corrected chi connectivity index (χ1v) is 13.3. The van der Waals surface area contributed by atoms with Gasteiger partial charge in [0, 0.05) is 24.0 Å². The van der Waals surface area contributed by atoms with Crippen LogP contribution in [0.2, 0.25) is 0 Å². The molecule has 0 aliphatic heterocycles. The molecule has 0 fully saturated rings. The Hall–Kier alpha value is -3.87. The summed E-state index contributed by atoms with van der Waals surface area (Å²) >= 11 is 0. The minimum atomic E-state index is 0.366. The summed E-state index contributed by atoms with van der Waals surface area (Å²) in [6.07, 6.45) is 1.56. The molecule has 1 atom stereocenters. The summed E-state index contributed by atoms with van der Waals surface area (Å²) in [4.78, 5) is 0. The molecule has 2 nitrogen and oxygen atoms in total. The third-order valence-corrected chi connectivity index (χ3v) is 7.69. The van der Waals surface area contributed by atoms with Crippen molar-refractivity contribution in [1.29, 1.82) is 0 Å². The number of phenolic OH excluding ortho intramolecular Hbond substituents is 1. The van der Waals surface area contributed by atoms with E-state index < -0.39 is 0 Å². The summed E-state index contributed by atoms with van der Waals surface area (Å²) in [5.41, 5.74) is 7.04. The summed E-state index contributed by atoms with van der Waals surface area (Å²) in [5.74, 6) is 0.416. The van der Waals surface area contributed by atoms with Crippen molar-refractivity contribution in [2.45, 2.75) is 19.4 Å². The SMILES string of the molecule is Oc1c(Cc2ccccc2)cc(Cc2ccccc2)cc1Pc1ccccc1CNc1ccccc1. The van der Waals surface area contributed by atoms with Crippen LogP contribution >= 0.6 is 8.58 Å². The Balaban J connectivity index is 1.46. The topological polar surface area (TPSA) is 32.3 Å². The molecule has 0 saturated heterocycles. The van der Waals surface area contributed by atoms with Gasteiger partial charge in [0.1, 0.15) is 5.75 Å². The van der Waals surface area contributed by atoms with Crippen molar-refractivity contribution in [3.05, 3.63) is 155 Å². The molecule has 36 heavy (non-hydrogen) atoms. The van der Waals surface area contributed by atoms with Gasteiger partial charge < -0.3 is 10.4 Å². The van der Waals surface area contributed by atoms with Gasteiger partial charge in [-0.15, -0.1) is 0 Å². The minimum absolute atomic E-state index is 0.366. The molecule has 2 N–H and O–H groups in total. The van der Waals surface area contributed by atoms with Crippen LogP contribution in [0, 0.1) is 0 Å². The molecule has 1 unspecified atom stereocenters. The maximum absolute atomic E-state index is 11.4. The first kappa shape index (κ1) is 23.9. The van der Waals surface area contributed by atoms with Gasteiger partial charge in [-0.05, 0) is 57.7 Å². The van der Waals surface area contributed by atoms with Gasteiger partial charge in [-0.1, -0.05) is 118 Å². The summed E-state index contributed by atoms with van der Waals surface area (Å²) in [6.45, 7) is 0.745. The van der Waals surface area contributed by atoms with E-state index in [-0.39, 0.29) is 0 Å². The molecule has 0 saturated carbocycles. The zero-order valence-corrected chi connectivity index (χ0v) is 21.2. The van der Waals surface area contributed by atoms with Crippen LogP contribution in [-0.2, 0) is 19.4 Å². The van der Waals surface area contributed by atoms with Crippen molar-refractivity contribution in [2.75, 3.05) is 5.32 Å². The van der Waals surface area contributed by atoms with Crippen LogP contribution in [0.1, 0.15) is 27.8 Å². The largest absolute Gasteiger partial charge is 0.507 e. The number of hydrogen-bond donors (Lipinski definition) is 2. The van der Waals surface area contributed by atoms with Gasteiger partial charge in [-0.3, -0.25) is 0 Å². The molecular formula is C33H30NOP. The first-order valence-electron chi connectivity index (χ1n) is 12.3. The molecule has 178 valence electrons. The molecule has 0 radical (unpaired) electrons. The van der Waals surface area contributed by atoms with Gasteiger partial charge in [0.25, 0.3) is 0 Å². The highest BCUT2D eigenvalue weighted by Crippen LogP contribution is 2.28. The molecule has 5 aromatic carbocycles. The van der Waals surface area contributed by atoms with Crippen LogP contribution in [0.15, 0.2) is 127 Å². The number of para-hydroxylation sites is 1. The molecule has 0 amide bonds. The number of hydrogen-bond acceptors (Lipinski definition) is 2. The van der Waals surface area contributed by atoms with Gasteiger partial charge in [-0.2, -0.15) is 0 Å². The number of aromatic hydroxyl groups is 1. The highest BCUT2D eigenvalue weighted by molar-refractivity contribution is 7.55. The minimum Gasteiger partial charge on any atom is -0.507 e. The smallest absolute Gasteiger partial charge is 0.126 e. The first-order chi connectivity index (χ1) is 17.7. The lowest BCUT2D eigenvalue weighted by molar-refractivity contribution is 0.474. The van der Waals surface area contributed by atoms with Gasteiger partial charge in [-0.25, -0.2) is 0 Å². The molecule has 0 aromatic heterocycles. The normalized spacial score (nSPS) is 11.1. The Kier molecular flexibility index (Phi) is 7.76. The maximum Gasteiger partial charge on any atom is 0.126 e. The summed E-state index contributed by atoms with van der Waals surface area (Å²) in [5, 5.41) is 17.2. The van der Waals surface area contributed by atoms with Crippen LogP contribution in [0.3, 0.4) is 0 Å². The van der Waals surface area contributed by atoms with Gasteiger partial charge in [0.15, 0.2) is 0 Å². The predicted octanol–water partition coefficient (Wildman–Crippen LogP) is 6.82. The van der Waals surface area contributed by atoms with E-state index in [4.69, 9.17) is 0 Å². The second-order valence-corrected chi connectivity index (χ2v) is 10.3. The van der Waals surface area contributed by atoms with Crippen molar-refractivity contribution in [3.8, 4) is 5.75 Å². The third kappa shape index (κ3) is 6.22. The number of rotatable bonds is 9. The molecule has 0 aliphatic carbocycles. The average molecular weight is 488 g/mol. The molecule has 0 aliphatic rings. The van der Waals surface area contributed by atoms with E-state index in [0.29, 0.717) is 20.8 Å². The molecule has 5 aromatic rings. The molecule has 0 bridgehead atoms. The molecule has 3 heteroatoms. The van der Waals surface area contributed by atoms with E-state index in [1.807, 2.05) is 30.3 Å². The van der Waals surface area contributed by atoms with E-state index in [1.54, 1.807) is 0 Å². The highest BCUT2D eigenvalue weighted by atomic mass is 31.1. The summed E-state index contributed by atoms with van der Waals surface area (Å²) in [7, 11) is 0.366. The number of benzene rings is 5. The lowest BCUT2D eigenvalue weighted by Crippen LogP contribution is -2.14. The second kappa shape index (κ2) is 11.7. The average Bonchev–Trinajstić information content (AvgIpc) is 2.92. The maximum atomic E-state index is 11.4. The van der Waals surface area contributed by atoms with Crippen LogP contribution in [0.25, 0.3) is 0 Å². The van der Waals surface area contributed by atoms with Gasteiger partial charge in [0.2, 0.25) is 0 Å².